The number of amides is 2. The highest BCUT2D eigenvalue weighted by atomic mass is 35.5. The molecule has 0 fully saturated rings. The van der Waals surface area contributed by atoms with Crippen molar-refractivity contribution in [2.75, 3.05) is 25.1 Å². The van der Waals surface area contributed by atoms with E-state index in [0.717, 1.165) is 12.0 Å². The fourth-order valence-electron chi connectivity index (χ4n) is 2.76. The molecule has 0 saturated heterocycles. The smallest absolute Gasteiger partial charge is 0.223 e. The molecule has 0 bridgehead atoms. The highest BCUT2D eigenvalue weighted by Crippen LogP contribution is 2.34. The second-order valence-electron chi connectivity index (χ2n) is 6.28. The number of benzene rings is 2. The van der Waals surface area contributed by atoms with E-state index in [0.29, 0.717) is 23.0 Å². The first kappa shape index (κ1) is 20.8. The number of nitrogens with one attached hydrogen (secondary N) is 1. The summed E-state index contributed by atoms with van der Waals surface area (Å²) < 4.78 is 5.35. The Morgan fingerprint density at radius 2 is 1.89 bits per heavy atom. The van der Waals surface area contributed by atoms with Gasteiger partial charge >= 0.3 is 0 Å². The van der Waals surface area contributed by atoms with Gasteiger partial charge in [-0.3, -0.25) is 9.59 Å². The quantitative estimate of drug-likeness (QED) is 0.749. The van der Waals surface area contributed by atoms with Crippen LogP contribution in [0.5, 0.6) is 5.75 Å². The Kier molecular flexibility index (Phi) is 7.67. The van der Waals surface area contributed by atoms with Gasteiger partial charge in [-0.2, -0.15) is 0 Å². The van der Waals surface area contributed by atoms with Gasteiger partial charge in [-0.25, -0.2) is 0 Å². The maximum atomic E-state index is 12.2. The lowest BCUT2D eigenvalue weighted by molar-refractivity contribution is -0.121. The summed E-state index contributed by atoms with van der Waals surface area (Å²) in [6.45, 7) is 4.16. The normalized spacial score (nSPS) is 10.4. The first-order chi connectivity index (χ1) is 12.9. The van der Waals surface area contributed by atoms with E-state index in [1.165, 1.54) is 19.6 Å². The van der Waals surface area contributed by atoms with Crippen molar-refractivity contribution in [3.63, 3.8) is 0 Å². The second kappa shape index (κ2) is 9.97. The third kappa shape index (κ3) is 6.00. The summed E-state index contributed by atoms with van der Waals surface area (Å²) in [6, 6.07) is 13.5. The summed E-state index contributed by atoms with van der Waals surface area (Å²) >= 11 is 6.14. The van der Waals surface area contributed by atoms with E-state index >= 15 is 0 Å². The summed E-state index contributed by atoms with van der Waals surface area (Å²) in [5, 5.41) is 3.46. The van der Waals surface area contributed by atoms with Crippen molar-refractivity contribution in [3.05, 3.63) is 58.6 Å². The van der Waals surface area contributed by atoms with Crippen molar-refractivity contribution < 1.29 is 14.3 Å². The van der Waals surface area contributed by atoms with Crippen molar-refractivity contribution in [1.29, 1.82) is 0 Å². The van der Waals surface area contributed by atoms with Crippen LogP contribution in [0.1, 0.15) is 24.5 Å². The highest BCUT2D eigenvalue weighted by Gasteiger charge is 2.19. The van der Waals surface area contributed by atoms with Crippen molar-refractivity contribution in [2.45, 2.75) is 26.7 Å². The molecule has 0 atom stereocenters. The molecule has 27 heavy (non-hydrogen) atoms. The first-order valence-corrected chi connectivity index (χ1v) is 9.23. The maximum absolute atomic E-state index is 12.2. The monoisotopic (exact) mass is 388 g/mol. The molecule has 0 spiro atoms. The van der Waals surface area contributed by atoms with Gasteiger partial charge in [0, 0.05) is 37.5 Å². The SMILES string of the molecule is COc1cc(Cl)c(C)cc1N(CCC(=O)NCCc1ccccc1)C(C)=O. The van der Waals surface area contributed by atoms with E-state index in [-0.39, 0.29) is 24.8 Å². The number of carbonyl (C=O) groups excluding carboxylic acids is 2. The molecule has 2 aromatic carbocycles. The van der Waals surface area contributed by atoms with Crippen molar-refractivity contribution in [1.82, 2.24) is 5.32 Å². The number of hydrogen-bond donors (Lipinski definition) is 1. The van der Waals surface area contributed by atoms with Crippen LogP contribution in [-0.4, -0.2) is 32.0 Å². The van der Waals surface area contributed by atoms with Crippen LogP contribution in [0.15, 0.2) is 42.5 Å². The van der Waals surface area contributed by atoms with Gasteiger partial charge in [-0.15, -0.1) is 0 Å². The second-order valence-corrected chi connectivity index (χ2v) is 6.69. The molecule has 0 unspecified atom stereocenters. The van der Waals surface area contributed by atoms with Gasteiger partial charge in [0.05, 0.1) is 12.8 Å². The Morgan fingerprint density at radius 3 is 2.52 bits per heavy atom. The zero-order valence-electron chi connectivity index (χ0n) is 15.9. The van der Waals surface area contributed by atoms with Crippen LogP contribution in [0.25, 0.3) is 0 Å². The lowest BCUT2D eigenvalue weighted by atomic mass is 10.1. The number of hydrogen-bond acceptors (Lipinski definition) is 3. The Morgan fingerprint density at radius 1 is 1.19 bits per heavy atom. The number of anilines is 1. The molecule has 2 amide bonds. The number of methoxy groups -OCH3 is 1. The van der Waals surface area contributed by atoms with Gasteiger partial charge in [0.2, 0.25) is 11.8 Å². The Hall–Kier alpha value is -2.53. The molecular weight excluding hydrogens is 364 g/mol. The molecule has 0 aromatic heterocycles. The van der Waals surface area contributed by atoms with Gasteiger partial charge < -0.3 is 15.0 Å². The summed E-state index contributed by atoms with van der Waals surface area (Å²) in [6.07, 6.45) is 0.979. The van der Waals surface area contributed by atoms with Crippen LogP contribution in [0, 0.1) is 6.92 Å². The number of nitrogens with zero attached hydrogens (tertiary/aromatic N) is 1. The highest BCUT2D eigenvalue weighted by molar-refractivity contribution is 6.31. The molecule has 6 heteroatoms. The predicted molar refractivity (Wildman–Crippen MR) is 109 cm³/mol. The van der Waals surface area contributed by atoms with Crippen LogP contribution in [-0.2, 0) is 16.0 Å². The average molecular weight is 389 g/mol. The molecule has 1 N–H and O–H groups in total. The van der Waals surface area contributed by atoms with Crippen molar-refractivity contribution in [3.8, 4) is 5.75 Å². The lowest BCUT2D eigenvalue weighted by Crippen LogP contribution is -2.34. The van der Waals surface area contributed by atoms with Gasteiger partial charge in [0.25, 0.3) is 0 Å². The van der Waals surface area contributed by atoms with E-state index in [4.69, 9.17) is 16.3 Å². The molecule has 0 radical (unpaired) electrons. The van der Waals surface area contributed by atoms with Gasteiger partial charge in [-0.05, 0) is 30.5 Å². The van der Waals surface area contributed by atoms with E-state index in [1.807, 2.05) is 37.3 Å². The fraction of sp³-hybridized carbons (Fsp3) is 0.333. The predicted octanol–water partition coefficient (Wildman–Crippen LogP) is 3.76. The van der Waals surface area contributed by atoms with Gasteiger partial charge in [0.1, 0.15) is 5.75 Å². The van der Waals surface area contributed by atoms with Crippen LogP contribution < -0.4 is 15.0 Å². The largest absolute Gasteiger partial charge is 0.495 e. The number of ether oxygens (including phenoxy) is 1. The minimum atomic E-state index is -0.160. The molecule has 0 aliphatic carbocycles. The van der Waals surface area contributed by atoms with Crippen molar-refractivity contribution in [2.24, 2.45) is 0 Å². The third-order valence-corrected chi connectivity index (χ3v) is 4.68. The number of rotatable bonds is 8. The Labute approximate surface area is 165 Å². The maximum Gasteiger partial charge on any atom is 0.223 e. The number of aryl methyl sites for hydroxylation is 1. The summed E-state index contributed by atoms with van der Waals surface area (Å²) in [7, 11) is 1.53. The zero-order valence-corrected chi connectivity index (χ0v) is 16.7. The first-order valence-electron chi connectivity index (χ1n) is 8.85. The van der Waals surface area contributed by atoms with E-state index in [9.17, 15) is 9.59 Å². The average Bonchev–Trinajstić information content (AvgIpc) is 2.65. The van der Waals surface area contributed by atoms with E-state index in [2.05, 4.69) is 5.32 Å². The van der Waals surface area contributed by atoms with Crippen LogP contribution in [0.2, 0.25) is 5.02 Å². The van der Waals surface area contributed by atoms with E-state index in [1.54, 1.807) is 17.0 Å². The Balaban J connectivity index is 1.95. The van der Waals surface area contributed by atoms with E-state index < -0.39 is 0 Å². The van der Waals surface area contributed by atoms with Crippen LogP contribution in [0.3, 0.4) is 0 Å². The molecule has 0 heterocycles. The minimum absolute atomic E-state index is 0.0955. The van der Waals surface area contributed by atoms with Gasteiger partial charge in [-0.1, -0.05) is 41.9 Å². The lowest BCUT2D eigenvalue weighted by Gasteiger charge is -2.24. The third-order valence-electron chi connectivity index (χ3n) is 4.27. The number of carbonyl (C=O) groups is 2. The standard InChI is InChI=1S/C21H25ClN2O3/c1-15-13-19(20(27-3)14-18(15)22)24(16(2)25)12-10-21(26)23-11-9-17-7-5-4-6-8-17/h4-8,13-14H,9-12H2,1-3H3,(H,23,26). The van der Waals surface area contributed by atoms with Gasteiger partial charge in [0.15, 0.2) is 0 Å². The Bertz CT molecular complexity index is 794. The molecule has 5 nitrogen and oxygen atoms in total. The topological polar surface area (TPSA) is 58.6 Å². The summed E-state index contributed by atoms with van der Waals surface area (Å²) in [4.78, 5) is 25.8. The molecule has 144 valence electrons. The zero-order chi connectivity index (χ0) is 19.8. The molecule has 0 aliphatic rings. The molecular formula is C21H25ClN2O3. The van der Waals surface area contributed by atoms with Crippen LogP contribution in [0.4, 0.5) is 5.69 Å². The molecule has 0 saturated carbocycles. The van der Waals surface area contributed by atoms with Crippen molar-refractivity contribution >= 4 is 29.1 Å². The summed E-state index contributed by atoms with van der Waals surface area (Å²) in [5.74, 6) is 0.249. The molecule has 0 aliphatic heterocycles. The molecule has 2 aromatic rings. The molecule has 2 rings (SSSR count). The number of halogens is 1. The fourth-order valence-corrected chi connectivity index (χ4v) is 2.92. The minimum Gasteiger partial charge on any atom is -0.495 e. The van der Waals surface area contributed by atoms with Crippen LogP contribution >= 0.6 is 11.6 Å². The summed E-state index contributed by atoms with van der Waals surface area (Å²) in [5.41, 5.74) is 2.62.